The molecule has 0 unspecified atom stereocenters. The Labute approximate surface area is 189 Å². The van der Waals surface area contributed by atoms with Crippen molar-refractivity contribution in [2.75, 3.05) is 24.1 Å². The Bertz CT molecular complexity index is 1300. The van der Waals surface area contributed by atoms with Gasteiger partial charge in [-0.05, 0) is 32.7 Å². The lowest BCUT2D eigenvalue weighted by Crippen LogP contribution is -2.32. The largest absolute Gasteiger partial charge is 0.473 e. The second-order valence-corrected chi connectivity index (χ2v) is 7.79. The first kappa shape index (κ1) is 22.1. The number of fused-ring (bicyclic) bond motifs is 1. The van der Waals surface area contributed by atoms with Gasteiger partial charge >= 0.3 is 0 Å². The Hall–Kier alpha value is -4.15. The molecule has 3 aromatic rings. The number of allylic oxidation sites excluding steroid dienone is 1. The number of anilines is 2. The molecule has 4 rings (SSSR count). The van der Waals surface area contributed by atoms with Crippen molar-refractivity contribution < 1.29 is 13.9 Å². The minimum atomic E-state index is -0.453. The molecule has 172 valence electrons. The first-order chi connectivity index (χ1) is 15.8. The third kappa shape index (κ3) is 4.29. The average molecular weight is 452 g/mol. The van der Waals surface area contributed by atoms with E-state index in [9.17, 15) is 9.18 Å². The maximum absolute atomic E-state index is 13.9. The molecule has 1 atom stereocenters. The van der Waals surface area contributed by atoms with E-state index < -0.39 is 11.9 Å². The van der Waals surface area contributed by atoms with E-state index in [1.165, 1.54) is 23.7 Å². The van der Waals surface area contributed by atoms with E-state index in [0.717, 1.165) is 5.56 Å². The number of halogens is 1. The third-order valence-electron chi connectivity index (χ3n) is 5.15. The molecule has 0 aliphatic carbocycles. The first-order valence-corrected chi connectivity index (χ1v) is 10.3. The van der Waals surface area contributed by atoms with Crippen molar-refractivity contribution in [2.24, 2.45) is 12.0 Å². The van der Waals surface area contributed by atoms with E-state index in [4.69, 9.17) is 10.5 Å². The first-order valence-electron chi connectivity index (χ1n) is 10.3. The molecule has 11 heteroatoms. The van der Waals surface area contributed by atoms with Crippen LogP contribution in [0.4, 0.5) is 16.0 Å². The summed E-state index contributed by atoms with van der Waals surface area (Å²) in [4.78, 5) is 21.5. The molecule has 3 aromatic heterocycles. The van der Waals surface area contributed by atoms with Crippen LogP contribution in [0.15, 0.2) is 53.0 Å². The van der Waals surface area contributed by atoms with Crippen LogP contribution in [0.5, 0.6) is 0 Å². The Morgan fingerprint density at radius 2 is 2.24 bits per heavy atom. The van der Waals surface area contributed by atoms with Crippen LogP contribution in [0.3, 0.4) is 0 Å². The van der Waals surface area contributed by atoms with Crippen molar-refractivity contribution in [3.8, 4) is 11.1 Å². The van der Waals surface area contributed by atoms with Crippen LogP contribution < -0.4 is 16.4 Å². The number of carbonyl (C=O) groups is 1. The Morgan fingerprint density at radius 3 is 2.91 bits per heavy atom. The van der Waals surface area contributed by atoms with Gasteiger partial charge in [-0.3, -0.25) is 4.79 Å². The predicted molar refractivity (Wildman–Crippen MR) is 125 cm³/mol. The predicted octanol–water partition coefficient (Wildman–Crippen LogP) is 2.66. The third-order valence-corrected chi connectivity index (χ3v) is 5.15. The molecule has 33 heavy (non-hydrogen) atoms. The highest BCUT2D eigenvalue weighted by Crippen LogP contribution is 2.34. The number of nitrogens with one attached hydrogen (secondary N) is 2. The fourth-order valence-corrected chi connectivity index (χ4v) is 3.62. The number of rotatable bonds is 3. The van der Waals surface area contributed by atoms with Gasteiger partial charge in [0.2, 0.25) is 5.88 Å². The van der Waals surface area contributed by atoms with Crippen molar-refractivity contribution in [1.82, 2.24) is 24.5 Å². The Balaban J connectivity index is 1.94. The van der Waals surface area contributed by atoms with Crippen LogP contribution in [-0.4, -0.2) is 51.0 Å². The van der Waals surface area contributed by atoms with Gasteiger partial charge < -0.3 is 25.7 Å². The summed E-state index contributed by atoms with van der Waals surface area (Å²) in [6, 6.07) is 1.89. The smallest absolute Gasteiger partial charge is 0.256 e. The number of nitrogens with two attached hydrogens (primary N) is 1. The van der Waals surface area contributed by atoms with E-state index in [1.807, 2.05) is 30.1 Å². The summed E-state index contributed by atoms with van der Waals surface area (Å²) in [6.45, 7) is 6.95. The number of nitrogens with zero attached hydrogens (tertiary/aromatic N) is 5. The van der Waals surface area contributed by atoms with Gasteiger partial charge in [0.1, 0.15) is 23.3 Å². The molecule has 4 heterocycles. The molecule has 0 radical (unpaired) electrons. The number of amides is 1. The summed E-state index contributed by atoms with van der Waals surface area (Å²) in [7, 11) is 1.89. The van der Waals surface area contributed by atoms with Gasteiger partial charge in [0.05, 0.1) is 24.1 Å². The number of aryl methyl sites for hydroxylation is 1. The molecule has 0 aromatic carbocycles. The molecule has 1 amide bonds. The van der Waals surface area contributed by atoms with E-state index in [2.05, 4.69) is 32.4 Å². The summed E-state index contributed by atoms with van der Waals surface area (Å²) in [5.74, 6) is 0.0580. The minimum Gasteiger partial charge on any atom is -0.473 e. The monoisotopic (exact) mass is 452 g/mol. The molecular formula is C22H25FN8O2. The van der Waals surface area contributed by atoms with Gasteiger partial charge in [0, 0.05) is 37.1 Å². The summed E-state index contributed by atoms with van der Waals surface area (Å²) >= 11 is 0. The van der Waals surface area contributed by atoms with E-state index >= 15 is 0 Å². The zero-order chi connectivity index (χ0) is 23.7. The van der Waals surface area contributed by atoms with Gasteiger partial charge in [-0.2, -0.15) is 9.61 Å². The molecule has 1 aliphatic heterocycles. The molecule has 10 nitrogen and oxygen atoms in total. The minimum absolute atomic E-state index is 0.121. The van der Waals surface area contributed by atoms with Gasteiger partial charge in [-0.1, -0.05) is 0 Å². The number of hydrogen-bond acceptors (Lipinski definition) is 7. The number of nitrogen functional groups attached to an aromatic ring is 1. The van der Waals surface area contributed by atoms with Crippen LogP contribution >= 0.6 is 0 Å². The normalized spacial score (nSPS) is 19.8. The van der Waals surface area contributed by atoms with Crippen LogP contribution in [0.1, 0.15) is 24.2 Å². The molecule has 2 bridgehead atoms. The van der Waals surface area contributed by atoms with Crippen molar-refractivity contribution in [3.05, 3.63) is 53.6 Å². The SMILES string of the molecule is C=N/C1=C(\C=C(/C)F)CNc2nc3c(cnn3c(N)c2-c2ccn(C)c2)C(=O)NC[C@H](C)O1. The zero-order valence-corrected chi connectivity index (χ0v) is 18.6. The maximum atomic E-state index is 13.9. The maximum Gasteiger partial charge on any atom is 0.256 e. The number of ether oxygens (including phenoxy) is 1. The molecule has 0 saturated carbocycles. The second kappa shape index (κ2) is 8.77. The number of aromatic nitrogens is 4. The highest BCUT2D eigenvalue weighted by Gasteiger charge is 2.23. The van der Waals surface area contributed by atoms with E-state index in [0.29, 0.717) is 28.4 Å². The summed E-state index contributed by atoms with van der Waals surface area (Å²) in [5, 5.41) is 10.3. The Morgan fingerprint density at radius 1 is 1.45 bits per heavy atom. The summed E-state index contributed by atoms with van der Waals surface area (Å²) < 4.78 is 23.0. The standard InChI is InChI=1S/C22H25FN8O2/c1-12(23)7-15-9-26-19-17(14-5-6-30(4)11-14)18(24)31-20(29-19)16(10-28-31)21(32)27-8-13(2)33-22(15)25-3/h5-7,10-11,13H,3,8-9,24H2,1-2,4H3,(H,26,29)(H,27,32)/b12-7+,22-15-/t13-/m0/s1. The molecule has 4 N–H and O–H groups in total. The van der Waals surface area contributed by atoms with Crippen LogP contribution in [0, 0.1) is 0 Å². The lowest BCUT2D eigenvalue weighted by atomic mass is 10.1. The topological polar surface area (TPSA) is 124 Å². The number of aliphatic imine (C=N–C) groups is 1. The van der Waals surface area contributed by atoms with Crippen molar-refractivity contribution in [3.63, 3.8) is 0 Å². The molecule has 0 saturated heterocycles. The van der Waals surface area contributed by atoms with Gasteiger partial charge in [0.25, 0.3) is 5.91 Å². The summed E-state index contributed by atoms with van der Waals surface area (Å²) in [6.07, 6.45) is 6.05. The molecule has 1 aliphatic rings. The quantitative estimate of drug-likeness (QED) is 0.525. The molecule has 0 spiro atoms. The fraction of sp³-hybridized carbons (Fsp3) is 0.273. The zero-order valence-electron chi connectivity index (χ0n) is 18.6. The summed E-state index contributed by atoms with van der Waals surface area (Å²) in [5.41, 5.74) is 8.88. The molecule has 0 fully saturated rings. The van der Waals surface area contributed by atoms with Crippen molar-refractivity contribution in [2.45, 2.75) is 20.0 Å². The van der Waals surface area contributed by atoms with Crippen LogP contribution in [0.25, 0.3) is 16.8 Å². The highest BCUT2D eigenvalue weighted by molar-refractivity contribution is 6.01. The highest BCUT2D eigenvalue weighted by atomic mass is 19.1. The second-order valence-electron chi connectivity index (χ2n) is 7.79. The van der Waals surface area contributed by atoms with Crippen LogP contribution in [0.2, 0.25) is 0 Å². The van der Waals surface area contributed by atoms with Gasteiger partial charge in [-0.25, -0.2) is 14.4 Å². The van der Waals surface area contributed by atoms with E-state index in [-0.39, 0.29) is 30.4 Å². The molecular weight excluding hydrogens is 427 g/mol. The van der Waals surface area contributed by atoms with Gasteiger partial charge in [-0.15, -0.1) is 0 Å². The lowest BCUT2D eigenvalue weighted by molar-refractivity contribution is 0.0888. The van der Waals surface area contributed by atoms with Gasteiger partial charge in [0.15, 0.2) is 5.65 Å². The fourth-order valence-electron chi connectivity index (χ4n) is 3.62. The lowest BCUT2D eigenvalue weighted by Gasteiger charge is -2.18. The number of hydrogen-bond donors (Lipinski definition) is 3. The number of carbonyl (C=O) groups excluding carboxylic acids is 1. The Kier molecular flexibility index (Phi) is 5.86. The van der Waals surface area contributed by atoms with Crippen LogP contribution in [-0.2, 0) is 11.8 Å². The average Bonchev–Trinajstić information content (AvgIpc) is 3.39. The van der Waals surface area contributed by atoms with E-state index in [1.54, 1.807) is 6.92 Å². The van der Waals surface area contributed by atoms with Crippen molar-refractivity contribution >= 4 is 29.9 Å². The van der Waals surface area contributed by atoms with Crippen molar-refractivity contribution in [1.29, 1.82) is 0 Å².